The maximum absolute atomic E-state index is 14.6. The van der Waals surface area contributed by atoms with Gasteiger partial charge < -0.3 is 114 Å². The van der Waals surface area contributed by atoms with Gasteiger partial charge in [0.25, 0.3) is 0 Å². The first-order valence-corrected chi connectivity index (χ1v) is 40.8. The summed E-state index contributed by atoms with van der Waals surface area (Å²) in [7, 11) is 0. The molecule has 0 heterocycles. The molecule has 37 heteroatoms. The summed E-state index contributed by atoms with van der Waals surface area (Å²) in [5.41, 5.74) is 29.1. The number of carbonyl (C=O) groups excluding carboxylic acids is 16. The van der Waals surface area contributed by atoms with E-state index in [4.69, 9.17) is 28.7 Å². The first kappa shape index (κ1) is 105. The van der Waals surface area contributed by atoms with Crippen molar-refractivity contribution in [2.24, 2.45) is 70.1 Å². The number of hydrogen-bond acceptors (Lipinski definition) is 21. The van der Waals surface area contributed by atoms with Crippen LogP contribution in [0.15, 0.2) is 30.3 Å². The quantitative estimate of drug-likeness (QED) is 0.0292. The maximum atomic E-state index is 14.6. The lowest BCUT2D eigenvalue weighted by Gasteiger charge is -2.31. The molecule has 0 bridgehead atoms. The molecule has 0 saturated carbocycles. The van der Waals surface area contributed by atoms with Crippen LogP contribution in [0.2, 0.25) is 0 Å². The highest BCUT2D eigenvalue weighted by molar-refractivity contribution is 6.01. The van der Waals surface area contributed by atoms with Crippen molar-refractivity contribution in [1.82, 2.24) is 79.8 Å². The minimum atomic E-state index is -1.71. The number of hydrogen-bond donors (Lipinski definition) is 21. The first-order chi connectivity index (χ1) is 54.6. The van der Waals surface area contributed by atoms with E-state index in [1.54, 1.807) is 99.6 Å². The molecule has 0 aromatic heterocycles. The van der Waals surface area contributed by atoms with Crippen LogP contribution in [0.3, 0.4) is 0 Å². The molecule has 16 atom stereocenters. The van der Waals surface area contributed by atoms with E-state index < -0.39 is 222 Å². The molecule has 1 aromatic rings. The summed E-state index contributed by atoms with van der Waals surface area (Å²) in [6, 6.07) is -9.38. The molecular weight excluding hydrogens is 1500 g/mol. The van der Waals surface area contributed by atoms with E-state index >= 15 is 0 Å². The molecule has 1 rings (SSSR count). The number of carbonyl (C=O) groups is 16. The van der Waals surface area contributed by atoms with E-state index in [0.29, 0.717) is 56.9 Å². The van der Waals surface area contributed by atoms with Crippen molar-refractivity contribution in [1.29, 1.82) is 0 Å². The minimum absolute atomic E-state index is 0.00000510. The smallest absolute Gasteiger partial charge is 0.245 e. The first-order valence-electron chi connectivity index (χ1n) is 40.8. The Hall–Kier alpha value is -9.46. The number of aliphatic hydroxyl groups excluding tert-OH is 1. The van der Waals surface area contributed by atoms with Gasteiger partial charge in [0.05, 0.1) is 19.7 Å². The zero-order chi connectivity index (χ0) is 88.2. The van der Waals surface area contributed by atoms with Gasteiger partial charge in [-0.1, -0.05) is 140 Å². The molecule has 0 spiro atoms. The lowest BCUT2D eigenvalue weighted by molar-refractivity contribution is -0.137. The van der Waals surface area contributed by atoms with Gasteiger partial charge in [0.1, 0.15) is 84.6 Å². The molecule has 0 unspecified atom stereocenters. The van der Waals surface area contributed by atoms with Gasteiger partial charge in [-0.2, -0.15) is 0 Å². The molecule has 16 amide bonds. The number of amides is 16. The van der Waals surface area contributed by atoms with Gasteiger partial charge >= 0.3 is 0 Å². The predicted octanol–water partition coefficient (Wildman–Crippen LogP) is -2.85. The normalized spacial score (nSPS) is 15.5. The van der Waals surface area contributed by atoms with Crippen molar-refractivity contribution in [2.45, 2.75) is 285 Å². The van der Waals surface area contributed by atoms with E-state index in [0.717, 1.165) is 0 Å². The number of nitrogens with one attached hydrogen (secondary N) is 15. The van der Waals surface area contributed by atoms with E-state index in [9.17, 15) is 81.8 Å². The molecule has 37 nitrogen and oxygen atoms in total. The van der Waals surface area contributed by atoms with Crippen molar-refractivity contribution in [3.63, 3.8) is 0 Å². The summed E-state index contributed by atoms with van der Waals surface area (Å²) in [5, 5.41) is 49.9. The molecule has 0 fully saturated rings. The van der Waals surface area contributed by atoms with Crippen molar-refractivity contribution in [3.8, 4) is 0 Å². The summed E-state index contributed by atoms with van der Waals surface area (Å²) < 4.78 is 0. The third-order valence-electron chi connectivity index (χ3n) is 19.7. The van der Waals surface area contributed by atoms with Gasteiger partial charge in [-0.15, -0.1) is 0 Å². The monoisotopic (exact) mass is 1640 g/mol. The number of nitrogens with two attached hydrogens (primary N) is 5. The molecule has 0 radical (unpaired) electrons. The Kier molecular flexibility index (Phi) is 49.8. The molecule has 0 aliphatic carbocycles. The Labute approximate surface area is 683 Å². The lowest BCUT2D eigenvalue weighted by Crippen LogP contribution is -2.62. The van der Waals surface area contributed by atoms with Gasteiger partial charge in [-0.25, -0.2) is 0 Å². The maximum Gasteiger partial charge on any atom is 0.245 e. The Morgan fingerprint density at radius 2 is 0.655 bits per heavy atom. The minimum Gasteiger partial charge on any atom is -0.394 e. The second kappa shape index (κ2) is 55.2. The average Bonchev–Trinajstić information content (AvgIpc) is 0.848. The summed E-state index contributed by atoms with van der Waals surface area (Å²) in [4.78, 5) is 221. The van der Waals surface area contributed by atoms with Gasteiger partial charge in [0, 0.05) is 6.42 Å². The fourth-order valence-corrected chi connectivity index (χ4v) is 12.1. The van der Waals surface area contributed by atoms with Crippen molar-refractivity contribution in [2.75, 3.05) is 39.3 Å². The zero-order valence-corrected chi connectivity index (χ0v) is 71.0. The topological polar surface area (TPSA) is 604 Å². The van der Waals surface area contributed by atoms with Crippen LogP contribution in [-0.4, -0.2) is 224 Å². The molecule has 0 saturated heterocycles. The Bertz CT molecular complexity index is 3330. The van der Waals surface area contributed by atoms with E-state index in [1.165, 1.54) is 13.8 Å². The standard InChI is InChI=1S/C79H140N20O17/c1-17-47(13)64(78(115)91-52(30-22-25-33-80)69(106)85-40-60(102)88-55(66(84)103)36-42(3)4)99-77(114)63(46(11)12)97-74(111)58(41-100)94-67(104)49(15)87-75(112)61(44(7)8)96-71(108)54(32-24-27-35-82)90-70(107)53(31-23-26-34-81)92-79(116)65(48(14)18-2)98-76(113)62(45(9)10)95-68(105)50(16)86-72(109)57(38-51-28-20-19-21-29-51)93-73(110)56(37-43(5)6)89-59(101)39-83/h19-21,28-29,42-50,52-58,61-65,100H,17-18,22-27,30-41,80-83H2,1-16H3,(H2,84,103)(H,85,106)(H,86,109)(H,87,112)(H,88,102)(H,89,101)(H,90,107)(H,91,115)(H,92,116)(H,93,110)(H,94,104)(H,95,105)(H,96,108)(H,97,111)(H,98,113)(H,99,114)/t47-,48-,49-,50-,52-,53-,54-,55-,56-,57-,58-,61-,62-,63-,64-,65-/m0/s1. The zero-order valence-electron chi connectivity index (χ0n) is 71.0. The van der Waals surface area contributed by atoms with Crippen LogP contribution in [0.4, 0.5) is 0 Å². The Morgan fingerprint density at radius 3 is 1.05 bits per heavy atom. The second-order valence-corrected chi connectivity index (χ2v) is 31.8. The van der Waals surface area contributed by atoms with Gasteiger partial charge in [-0.3, -0.25) is 76.7 Å². The van der Waals surface area contributed by atoms with Crippen LogP contribution in [-0.2, 0) is 83.1 Å². The largest absolute Gasteiger partial charge is 0.394 e. The highest BCUT2D eigenvalue weighted by Crippen LogP contribution is 2.17. The average molecular weight is 1640 g/mol. The molecule has 0 aliphatic heterocycles. The Balaban J connectivity index is 3.42. The van der Waals surface area contributed by atoms with Crippen LogP contribution in [0.1, 0.15) is 200 Å². The highest BCUT2D eigenvalue weighted by atomic mass is 16.3. The van der Waals surface area contributed by atoms with E-state index in [1.807, 2.05) is 27.7 Å². The lowest BCUT2D eigenvalue weighted by atomic mass is 9.95. The highest BCUT2D eigenvalue weighted by Gasteiger charge is 2.40. The number of primary amides is 1. The molecule has 658 valence electrons. The summed E-state index contributed by atoms with van der Waals surface area (Å²) >= 11 is 0. The molecule has 116 heavy (non-hydrogen) atoms. The van der Waals surface area contributed by atoms with Crippen LogP contribution in [0.5, 0.6) is 0 Å². The molecule has 26 N–H and O–H groups in total. The van der Waals surface area contributed by atoms with Crippen molar-refractivity contribution in [3.05, 3.63) is 35.9 Å². The number of aliphatic hydroxyl groups is 1. The van der Waals surface area contributed by atoms with Crippen LogP contribution in [0, 0.1) is 41.4 Å². The third kappa shape index (κ3) is 38.5. The van der Waals surface area contributed by atoms with E-state index in [2.05, 4.69) is 79.8 Å². The van der Waals surface area contributed by atoms with Gasteiger partial charge in [0.15, 0.2) is 0 Å². The van der Waals surface area contributed by atoms with E-state index in [-0.39, 0.29) is 76.5 Å². The molecular formula is C79H140N20O17. The van der Waals surface area contributed by atoms with Crippen molar-refractivity contribution >= 4 is 94.5 Å². The number of rotatable bonds is 57. The number of unbranched alkanes of at least 4 members (excludes halogenated alkanes) is 3. The van der Waals surface area contributed by atoms with Crippen LogP contribution in [0.25, 0.3) is 0 Å². The fourth-order valence-electron chi connectivity index (χ4n) is 12.1. The van der Waals surface area contributed by atoms with Crippen LogP contribution < -0.4 is 108 Å². The summed E-state index contributed by atoms with van der Waals surface area (Å²) in [5.74, 6) is -15.7. The van der Waals surface area contributed by atoms with Gasteiger partial charge in [0.2, 0.25) is 94.5 Å². The van der Waals surface area contributed by atoms with Crippen LogP contribution >= 0.6 is 0 Å². The second-order valence-electron chi connectivity index (χ2n) is 31.8. The Morgan fingerprint density at radius 1 is 0.336 bits per heavy atom. The summed E-state index contributed by atoms with van der Waals surface area (Å²) in [6.45, 7) is 25.5. The fraction of sp³-hybridized carbons (Fsp3) is 0.722. The summed E-state index contributed by atoms with van der Waals surface area (Å²) in [6.07, 6.45) is 3.63. The van der Waals surface area contributed by atoms with Crippen molar-refractivity contribution < 1.29 is 81.8 Å². The van der Waals surface area contributed by atoms with Gasteiger partial charge in [-0.05, 0) is 151 Å². The third-order valence-corrected chi connectivity index (χ3v) is 19.7. The molecule has 1 aromatic carbocycles. The number of benzene rings is 1. The molecule has 0 aliphatic rings. The SMILES string of the molecule is CC[C@H](C)[C@H](NC(=O)[C@@H](NC(=O)[C@H](C)NC(=O)[C@H](Cc1ccccc1)NC(=O)[C@H](CC(C)C)NC(=O)CN)C(C)C)C(=O)N[C@@H](CCCCN)C(=O)N[C@@H](CCCCN)C(=O)N[C@H](C(=O)N[C@@H](C)C(=O)N[C@@H](CO)C(=O)N[C@H](C(=O)N[C@H](C(=O)N[C@@H](CCCCN)C(=O)NCC(=O)N[C@@H](CC(C)C)C(N)=O)[C@@H](C)CC)C(C)C)C(C)C. The predicted molar refractivity (Wildman–Crippen MR) is 438 cm³/mol.